The van der Waals surface area contributed by atoms with Crippen molar-refractivity contribution in [3.05, 3.63) is 41.8 Å². The minimum absolute atomic E-state index is 0.000239. The molecule has 6 nitrogen and oxygen atoms in total. The van der Waals surface area contributed by atoms with Gasteiger partial charge in [0.2, 0.25) is 0 Å². The van der Waals surface area contributed by atoms with Crippen LogP contribution >= 0.6 is 0 Å². The lowest BCUT2D eigenvalue weighted by Crippen LogP contribution is -2.40. The molecule has 0 saturated carbocycles. The highest BCUT2D eigenvalue weighted by molar-refractivity contribution is 5.67. The van der Waals surface area contributed by atoms with Crippen molar-refractivity contribution in [2.24, 2.45) is 0 Å². The summed E-state index contributed by atoms with van der Waals surface area (Å²) in [6, 6.07) is -0.000239. The Balaban J connectivity index is 0.00000126. The van der Waals surface area contributed by atoms with Crippen LogP contribution in [0.25, 0.3) is 11.6 Å². The van der Waals surface area contributed by atoms with Gasteiger partial charge in [0, 0.05) is 19.0 Å². The molecule has 7 heteroatoms. The molecule has 0 radical (unpaired) electrons. The highest BCUT2D eigenvalue weighted by atomic mass is 19.1. The van der Waals surface area contributed by atoms with E-state index in [-0.39, 0.29) is 23.4 Å². The molecule has 0 aromatic carbocycles. The van der Waals surface area contributed by atoms with Gasteiger partial charge < -0.3 is 18.9 Å². The Bertz CT molecular complexity index is 843. The zero-order valence-electron chi connectivity index (χ0n) is 16.5. The van der Waals surface area contributed by atoms with Crippen LogP contribution in [0, 0.1) is 0 Å². The van der Waals surface area contributed by atoms with E-state index in [1.165, 1.54) is 7.11 Å². The van der Waals surface area contributed by atoms with Gasteiger partial charge in [-0.1, -0.05) is 27.0 Å². The van der Waals surface area contributed by atoms with Crippen molar-refractivity contribution in [2.45, 2.75) is 39.2 Å². The number of amides is 1. The van der Waals surface area contributed by atoms with E-state index in [0.29, 0.717) is 30.8 Å². The van der Waals surface area contributed by atoms with E-state index >= 15 is 0 Å². The SMILES string of the molecule is C=CC1=c2/c(=C(/F)C=C)nc(C3CCN(C(=O)OC)C3)n2C(C)CO1.CC. The number of nitrogens with zero attached hydrogens (tertiary/aromatic N) is 3. The molecule has 2 unspecified atom stereocenters. The molecule has 1 amide bonds. The minimum Gasteiger partial charge on any atom is -0.489 e. The second-order valence-corrected chi connectivity index (χ2v) is 6.22. The number of hydrogen-bond acceptors (Lipinski definition) is 4. The van der Waals surface area contributed by atoms with Crippen molar-refractivity contribution in [1.29, 1.82) is 0 Å². The number of carbonyl (C=O) groups is 1. The molecule has 27 heavy (non-hydrogen) atoms. The largest absolute Gasteiger partial charge is 0.489 e. The van der Waals surface area contributed by atoms with Gasteiger partial charge in [-0.3, -0.25) is 0 Å². The normalized spacial score (nSPS) is 22.1. The molecule has 2 atom stereocenters. The van der Waals surface area contributed by atoms with Crippen LogP contribution in [0.1, 0.15) is 45.0 Å². The number of carbonyl (C=O) groups excluding carboxylic acids is 1. The molecule has 2 aliphatic heterocycles. The van der Waals surface area contributed by atoms with Gasteiger partial charge in [-0.15, -0.1) is 0 Å². The van der Waals surface area contributed by atoms with Gasteiger partial charge in [-0.2, -0.15) is 0 Å². The van der Waals surface area contributed by atoms with Gasteiger partial charge >= 0.3 is 6.09 Å². The first-order valence-electron chi connectivity index (χ1n) is 9.24. The first-order chi connectivity index (χ1) is 13.0. The Morgan fingerprint density at radius 1 is 1.41 bits per heavy atom. The zero-order chi connectivity index (χ0) is 20.1. The summed E-state index contributed by atoms with van der Waals surface area (Å²) < 4.78 is 26.9. The van der Waals surface area contributed by atoms with E-state index in [9.17, 15) is 9.18 Å². The van der Waals surface area contributed by atoms with E-state index in [0.717, 1.165) is 18.3 Å². The van der Waals surface area contributed by atoms with Crippen LogP contribution in [-0.2, 0) is 9.47 Å². The molecule has 0 aliphatic carbocycles. The minimum atomic E-state index is -0.505. The van der Waals surface area contributed by atoms with Crippen molar-refractivity contribution in [3.8, 4) is 0 Å². The molecule has 0 bridgehead atoms. The number of methoxy groups -OCH3 is 1. The van der Waals surface area contributed by atoms with Crippen molar-refractivity contribution in [3.63, 3.8) is 0 Å². The number of hydrogen-bond donors (Lipinski definition) is 0. The summed E-state index contributed by atoms with van der Waals surface area (Å²) in [6.45, 7) is 14.8. The molecule has 1 aromatic heterocycles. The monoisotopic (exact) mass is 377 g/mol. The fourth-order valence-corrected chi connectivity index (χ4v) is 3.46. The van der Waals surface area contributed by atoms with Crippen molar-refractivity contribution in [1.82, 2.24) is 14.5 Å². The number of allylic oxidation sites excluding steroid dienone is 1. The van der Waals surface area contributed by atoms with Crippen molar-refractivity contribution in [2.75, 3.05) is 26.8 Å². The van der Waals surface area contributed by atoms with Gasteiger partial charge in [0.25, 0.3) is 0 Å². The number of halogens is 1. The summed E-state index contributed by atoms with van der Waals surface area (Å²) in [4.78, 5) is 18.0. The summed E-state index contributed by atoms with van der Waals surface area (Å²) in [5.74, 6) is 0.765. The quantitative estimate of drug-likeness (QED) is 0.813. The molecule has 3 rings (SSSR count). The smallest absolute Gasteiger partial charge is 0.409 e. The fraction of sp³-hybridized carbons (Fsp3) is 0.500. The predicted octanol–water partition coefficient (Wildman–Crippen LogP) is 2.61. The van der Waals surface area contributed by atoms with Crippen LogP contribution in [0.2, 0.25) is 0 Å². The summed E-state index contributed by atoms with van der Waals surface area (Å²) in [5.41, 5.74) is 0. The van der Waals surface area contributed by atoms with Gasteiger partial charge in [0.1, 0.15) is 28.9 Å². The number of rotatable bonds is 3. The molecule has 148 valence electrons. The van der Waals surface area contributed by atoms with E-state index in [2.05, 4.69) is 18.1 Å². The molecule has 0 N–H and O–H groups in total. The maximum Gasteiger partial charge on any atom is 0.409 e. The third kappa shape index (κ3) is 3.77. The highest BCUT2D eigenvalue weighted by Gasteiger charge is 2.33. The lowest BCUT2D eigenvalue weighted by molar-refractivity contribution is 0.132. The third-order valence-electron chi connectivity index (χ3n) is 4.67. The van der Waals surface area contributed by atoms with E-state index in [4.69, 9.17) is 9.47 Å². The molecule has 1 saturated heterocycles. The van der Waals surface area contributed by atoms with Crippen LogP contribution in [0.15, 0.2) is 25.3 Å². The lowest BCUT2D eigenvalue weighted by Gasteiger charge is -2.25. The van der Waals surface area contributed by atoms with E-state index < -0.39 is 5.83 Å². The summed E-state index contributed by atoms with van der Waals surface area (Å²) >= 11 is 0. The Morgan fingerprint density at radius 2 is 2.11 bits per heavy atom. The summed E-state index contributed by atoms with van der Waals surface area (Å²) in [5, 5.41) is 0.792. The Morgan fingerprint density at radius 3 is 2.70 bits per heavy atom. The van der Waals surface area contributed by atoms with Gasteiger partial charge in [0.15, 0.2) is 5.83 Å². The highest BCUT2D eigenvalue weighted by Crippen LogP contribution is 2.28. The lowest BCUT2D eigenvalue weighted by atomic mass is 10.1. The molecular formula is C20H28FN3O3. The molecule has 1 aromatic rings. The first kappa shape index (κ1) is 20.7. The van der Waals surface area contributed by atoms with E-state index in [1.54, 1.807) is 11.0 Å². The Labute approximate surface area is 159 Å². The maximum atomic E-state index is 14.4. The van der Waals surface area contributed by atoms with Crippen LogP contribution < -0.4 is 10.7 Å². The molecule has 2 aliphatic rings. The van der Waals surface area contributed by atoms with E-state index in [1.807, 2.05) is 25.3 Å². The first-order valence-corrected chi connectivity index (χ1v) is 9.24. The average Bonchev–Trinajstić information content (AvgIpc) is 3.34. The van der Waals surface area contributed by atoms with Gasteiger partial charge in [-0.25, -0.2) is 14.2 Å². The molecular weight excluding hydrogens is 349 g/mol. The molecule has 3 heterocycles. The van der Waals surface area contributed by atoms with Gasteiger partial charge in [0.05, 0.1) is 13.2 Å². The second-order valence-electron chi connectivity index (χ2n) is 6.22. The Hall–Kier alpha value is -2.57. The molecule has 0 spiro atoms. The van der Waals surface area contributed by atoms with Crippen LogP contribution in [-0.4, -0.2) is 47.4 Å². The predicted molar refractivity (Wildman–Crippen MR) is 103 cm³/mol. The number of aromatic nitrogens is 2. The third-order valence-corrected chi connectivity index (χ3v) is 4.67. The van der Waals surface area contributed by atoms with Crippen LogP contribution in [0.4, 0.5) is 9.18 Å². The average molecular weight is 377 g/mol. The maximum absolute atomic E-state index is 14.4. The van der Waals surface area contributed by atoms with Crippen LogP contribution in [0.3, 0.4) is 0 Å². The van der Waals surface area contributed by atoms with Crippen molar-refractivity contribution >= 4 is 17.7 Å². The standard InChI is InChI=1S/C18H22FN3O3.C2H6/c1-5-13(19)15-16-14(6-2)25-10-11(3)22(16)17(20-15)12-7-8-21(9-12)18(23)24-4;1-2/h5-6,11-12H,1-2,7-10H2,3-4H3;1-2H3/b15-13-;. The molecule has 1 fully saturated rings. The van der Waals surface area contributed by atoms with Crippen LogP contribution in [0.5, 0.6) is 0 Å². The Kier molecular flexibility index (Phi) is 6.82. The number of likely N-dealkylation sites (tertiary alicyclic amines) is 1. The topological polar surface area (TPSA) is 56.6 Å². The summed E-state index contributed by atoms with van der Waals surface area (Å²) in [7, 11) is 1.37. The number of fused-ring (bicyclic) bond motifs is 1. The van der Waals surface area contributed by atoms with Gasteiger partial charge in [-0.05, 0) is 25.5 Å². The zero-order valence-corrected chi connectivity index (χ0v) is 16.5. The number of ether oxygens (including phenoxy) is 2. The second kappa shape index (κ2) is 8.88. The fourth-order valence-electron chi connectivity index (χ4n) is 3.46. The summed E-state index contributed by atoms with van der Waals surface area (Å²) in [6.07, 6.45) is 3.10. The number of imidazole rings is 1. The van der Waals surface area contributed by atoms with Crippen molar-refractivity contribution < 1.29 is 18.7 Å².